The lowest BCUT2D eigenvalue weighted by Crippen LogP contribution is -2.52. The molecule has 1 atom stereocenters. The van der Waals surface area contributed by atoms with Gasteiger partial charge in [0, 0.05) is 34.6 Å². The van der Waals surface area contributed by atoms with Crippen LogP contribution in [0.4, 0.5) is 0 Å². The van der Waals surface area contributed by atoms with Crippen molar-refractivity contribution >= 4 is 54.3 Å². The van der Waals surface area contributed by atoms with E-state index in [0.717, 1.165) is 4.47 Å². The third kappa shape index (κ3) is 3.71. The van der Waals surface area contributed by atoms with E-state index in [0.29, 0.717) is 29.0 Å². The number of nitrogens with zero attached hydrogens (tertiary/aromatic N) is 1. The highest BCUT2D eigenvalue weighted by Crippen LogP contribution is 2.29. The predicted octanol–water partition coefficient (Wildman–Crippen LogP) is 2.62. The second-order valence-corrected chi connectivity index (χ2v) is 7.87. The molecule has 0 aliphatic carbocycles. The molecule has 4 nitrogen and oxygen atoms in total. The Kier molecular flexibility index (Phi) is 6.28. The van der Waals surface area contributed by atoms with Crippen molar-refractivity contribution in [2.75, 3.05) is 19.6 Å². The van der Waals surface area contributed by atoms with Crippen molar-refractivity contribution in [1.82, 2.24) is 9.62 Å². The van der Waals surface area contributed by atoms with Crippen LogP contribution >= 0.6 is 44.3 Å². The van der Waals surface area contributed by atoms with Gasteiger partial charge in [-0.05, 0) is 41.1 Å². The largest absolute Gasteiger partial charge is 0.314 e. The number of piperazine rings is 1. The molecule has 0 bridgehead atoms. The molecule has 1 aromatic rings. The minimum Gasteiger partial charge on any atom is -0.314 e. The molecule has 1 aliphatic heterocycles. The SMILES string of the molecule is C[C@@H]1CNCCN1S(=O)(=O)c1cc(Br)ccc1Br.Cl. The Morgan fingerprint density at radius 1 is 1.37 bits per heavy atom. The van der Waals surface area contributed by atoms with Crippen LogP contribution in [0.1, 0.15) is 6.92 Å². The standard InChI is InChI=1S/C11H14Br2N2O2S.ClH/c1-8-7-14-4-5-15(8)18(16,17)11-6-9(12)2-3-10(11)13;/h2-3,6,8,14H,4-5,7H2,1H3;1H/t8-;/m1./s1. The quantitative estimate of drug-likeness (QED) is 0.779. The number of rotatable bonds is 2. The van der Waals surface area contributed by atoms with Gasteiger partial charge in [-0.1, -0.05) is 15.9 Å². The summed E-state index contributed by atoms with van der Waals surface area (Å²) in [5.74, 6) is 0. The van der Waals surface area contributed by atoms with Crippen LogP contribution in [-0.2, 0) is 10.0 Å². The summed E-state index contributed by atoms with van der Waals surface area (Å²) >= 11 is 6.62. The lowest BCUT2D eigenvalue weighted by atomic mass is 10.3. The first-order valence-electron chi connectivity index (χ1n) is 5.60. The molecular formula is C11H15Br2ClN2O2S. The highest BCUT2D eigenvalue weighted by atomic mass is 79.9. The van der Waals surface area contributed by atoms with Gasteiger partial charge in [-0.25, -0.2) is 8.42 Å². The third-order valence-corrected chi connectivity index (χ3v) is 6.42. The van der Waals surface area contributed by atoms with Gasteiger partial charge in [0.1, 0.15) is 0 Å². The maximum Gasteiger partial charge on any atom is 0.244 e. The summed E-state index contributed by atoms with van der Waals surface area (Å²) in [4.78, 5) is 0.311. The Morgan fingerprint density at radius 3 is 2.68 bits per heavy atom. The van der Waals surface area contributed by atoms with Gasteiger partial charge in [0.05, 0.1) is 4.90 Å². The highest BCUT2D eigenvalue weighted by molar-refractivity contribution is 9.11. The lowest BCUT2D eigenvalue weighted by molar-refractivity contribution is 0.283. The highest BCUT2D eigenvalue weighted by Gasteiger charge is 2.32. The fraction of sp³-hybridized carbons (Fsp3) is 0.455. The summed E-state index contributed by atoms with van der Waals surface area (Å²) < 4.78 is 28.1. The number of hydrogen-bond acceptors (Lipinski definition) is 3. The molecule has 2 rings (SSSR count). The van der Waals surface area contributed by atoms with Crippen molar-refractivity contribution in [3.05, 3.63) is 27.1 Å². The van der Waals surface area contributed by atoms with Gasteiger partial charge >= 0.3 is 0 Å². The van der Waals surface area contributed by atoms with E-state index in [1.54, 1.807) is 16.4 Å². The monoisotopic (exact) mass is 432 g/mol. The topological polar surface area (TPSA) is 49.4 Å². The molecule has 1 heterocycles. The Labute approximate surface area is 136 Å². The van der Waals surface area contributed by atoms with Crippen LogP contribution in [0.2, 0.25) is 0 Å². The summed E-state index contributed by atoms with van der Waals surface area (Å²) in [7, 11) is -3.45. The van der Waals surface area contributed by atoms with Gasteiger partial charge < -0.3 is 5.32 Å². The molecule has 0 aromatic heterocycles. The van der Waals surface area contributed by atoms with E-state index >= 15 is 0 Å². The van der Waals surface area contributed by atoms with E-state index in [1.165, 1.54) is 0 Å². The molecule has 1 aliphatic rings. The number of nitrogens with one attached hydrogen (secondary N) is 1. The lowest BCUT2D eigenvalue weighted by Gasteiger charge is -2.33. The average molecular weight is 435 g/mol. The first kappa shape index (κ1) is 17.4. The van der Waals surface area contributed by atoms with Gasteiger partial charge in [0.2, 0.25) is 10.0 Å². The van der Waals surface area contributed by atoms with Crippen LogP contribution in [0.25, 0.3) is 0 Å². The van der Waals surface area contributed by atoms with Gasteiger partial charge in [-0.3, -0.25) is 0 Å². The molecular weight excluding hydrogens is 419 g/mol. The molecule has 19 heavy (non-hydrogen) atoms. The molecule has 1 saturated heterocycles. The zero-order valence-electron chi connectivity index (χ0n) is 10.3. The van der Waals surface area contributed by atoms with Gasteiger partial charge in [0.25, 0.3) is 0 Å². The first-order valence-corrected chi connectivity index (χ1v) is 8.63. The van der Waals surface area contributed by atoms with E-state index < -0.39 is 10.0 Å². The molecule has 0 amide bonds. The van der Waals surface area contributed by atoms with Crippen LogP contribution in [0.15, 0.2) is 32.0 Å². The number of sulfonamides is 1. The zero-order chi connectivity index (χ0) is 13.3. The molecule has 1 aromatic carbocycles. The van der Waals surface area contributed by atoms with E-state index in [2.05, 4.69) is 37.2 Å². The van der Waals surface area contributed by atoms with Crippen LogP contribution in [-0.4, -0.2) is 38.4 Å². The van der Waals surface area contributed by atoms with Crippen LogP contribution in [0, 0.1) is 0 Å². The predicted molar refractivity (Wildman–Crippen MR) is 85.3 cm³/mol. The van der Waals surface area contributed by atoms with E-state index in [4.69, 9.17) is 0 Å². The Hall–Kier alpha value is 0.340. The minimum absolute atomic E-state index is 0. The van der Waals surface area contributed by atoms with Crippen molar-refractivity contribution in [1.29, 1.82) is 0 Å². The molecule has 0 spiro atoms. The molecule has 1 fully saturated rings. The fourth-order valence-corrected chi connectivity index (χ4v) is 5.08. The molecule has 0 radical (unpaired) electrons. The van der Waals surface area contributed by atoms with E-state index in [9.17, 15) is 8.42 Å². The minimum atomic E-state index is -3.45. The third-order valence-electron chi connectivity index (χ3n) is 2.92. The smallest absolute Gasteiger partial charge is 0.244 e. The summed E-state index contributed by atoms with van der Waals surface area (Å²) in [6.45, 7) is 3.79. The Morgan fingerprint density at radius 2 is 2.05 bits per heavy atom. The van der Waals surface area contributed by atoms with Crippen LogP contribution in [0.5, 0.6) is 0 Å². The van der Waals surface area contributed by atoms with Crippen molar-refractivity contribution in [2.24, 2.45) is 0 Å². The summed E-state index contributed by atoms with van der Waals surface area (Å²) in [5, 5.41) is 3.19. The normalized spacial score (nSPS) is 20.9. The second kappa shape index (κ2) is 6.87. The Bertz CT molecular complexity index is 554. The zero-order valence-corrected chi connectivity index (χ0v) is 15.1. The van der Waals surface area contributed by atoms with Gasteiger partial charge in [0.15, 0.2) is 0 Å². The van der Waals surface area contributed by atoms with E-state index in [-0.39, 0.29) is 18.4 Å². The number of benzene rings is 1. The fourth-order valence-electron chi connectivity index (χ4n) is 1.98. The molecule has 108 valence electrons. The van der Waals surface area contributed by atoms with Crippen molar-refractivity contribution in [3.63, 3.8) is 0 Å². The maximum absolute atomic E-state index is 12.6. The average Bonchev–Trinajstić information content (AvgIpc) is 2.32. The van der Waals surface area contributed by atoms with Crippen LogP contribution < -0.4 is 5.32 Å². The maximum atomic E-state index is 12.6. The summed E-state index contributed by atoms with van der Waals surface area (Å²) in [6.07, 6.45) is 0. The molecule has 0 saturated carbocycles. The molecule has 1 N–H and O–H groups in total. The first-order chi connectivity index (χ1) is 8.43. The summed E-state index contributed by atoms with van der Waals surface area (Å²) in [6, 6.07) is 5.15. The van der Waals surface area contributed by atoms with Gasteiger partial charge in [-0.2, -0.15) is 4.31 Å². The van der Waals surface area contributed by atoms with Crippen molar-refractivity contribution < 1.29 is 8.42 Å². The number of hydrogen-bond donors (Lipinski definition) is 1. The van der Waals surface area contributed by atoms with E-state index in [1.807, 2.05) is 13.0 Å². The summed E-state index contributed by atoms with van der Waals surface area (Å²) in [5.41, 5.74) is 0. The van der Waals surface area contributed by atoms with Crippen molar-refractivity contribution in [2.45, 2.75) is 17.9 Å². The number of halogens is 3. The second-order valence-electron chi connectivity index (χ2n) is 4.24. The Balaban J connectivity index is 0.00000180. The van der Waals surface area contributed by atoms with Crippen molar-refractivity contribution in [3.8, 4) is 0 Å². The molecule has 0 unspecified atom stereocenters. The van der Waals surface area contributed by atoms with Gasteiger partial charge in [-0.15, -0.1) is 12.4 Å². The molecule has 8 heteroatoms. The van der Waals surface area contributed by atoms with Crippen LogP contribution in [0.3, 0.4) is 0 Å².